The quantitative estimate of drug-likeness (QED) is 0.661. The predicted octanol–water partition coefficient (Wildman–Crippen LogP) is 2.14. The van der Waals surface area contributed by atoms with Crippen molar-refractivity contribution in [3.8, 4) is 6.07 Å². The van der Waals surface area contributed by atoms with Gasteiger partial charge in [0, 0.05) is 24.4 Å². The molecule has 0 fully saturated rings. The van der Waals surface area contributed by atoms with Gasteiger partial charge in [-0.25, -0.2) is 0 Å². The third-order valence-corrected chi connectivity index (χ3v) is 2.33. The van der Waals surface area contributed by atoms with Crippen molar-refractivity contribution in [1.82, 2.24) is 5.16 Å². The first-order chi connectivity index (χ1) is 7.26. The Labute approximate surface area is 86.8 Å². The minimum atomic E-state index is 0.553. The molecule has 0 saturated heterocycles. The molecule has 4 nitrogen and oxygen atoms in total. The smallest absolute Gasteiger partial charge is 0.168 e. The molecule has 2 aromatic rings. The highest BCUT2D eigenvalue weighted by atomic mass is 16.5. The van der Waals surface area contributed by atoms with Crippen LogP contribution < -0.4 is 0 Å². The highest BCUT2D eigenvalue weighted by molar-refractivity contribution is 6.09. The van der Waals surface area contributed by atoms with Gasteiger partial charge >= 0.3 is 0 Å². The molecule has 1 heterocycles. The highest BCUT2D eigenvalue weighted by Gasteiger charge is 2.09. The van der Waals surface area contributed by atoms with Gasteiger partial charge in [0.05, 0.1) is 23.2 Å². The molecule has 2 rings (SSSR count). The zero-order valence-electron chi connectivity index (χ0n) is 8.48. The number of nitrogens with zero attached hydrogens (tertiary/aromatic N) is 3. The molecular formula is C11H9N3O. The van der Waals surface area contributed by atoms with Crippen LogP contribution in [0.2, 0.25) is 0 Å². The van der Waals surface area contributed by atoms with E-state index in [9.17, 15) is 0 Å². The molecule has 0 spiro atoms. The van der Waals surface area contributed by atoms with Gasteiger partial charge in [-0.3, -0.25) is 4.99 Å². The van der Waals surface area contributed by atoms with Gasteiger partial charge in [-0.2, -0.15) is 5.26 Å². The van der Waals surface area contributed by atoms with Crippen LogP contribution in [0, 0.1) is 11.3 Å². The number of fused-ring (bicyclic) bond motifs is 1. The van der Waals surface area contributed by atoms with E-state index >= 15 is 0 Å². The van der Waals surface area contributed by atoms with Crippen molar-refractivity contribution in [2.45, 2.75) is 6.92 Å². The summed E-state index contributed by atoms with van der Waals surface area (Å²) in [6.45, 7) is 1.89. The number of benzene rings is 1. The van der Waals surface area contributed by atoms with Crippen LogP contribution in [0.5, 0.6) is 0 Å². The lowest BCUT2D eigenvalue weighted by atomic mass is 10.0. The Bertz CT molecular complexity index is 575. The number of hydrogen-bond donors (Lipinski definition) is 0. The van der Waals surface area contributed by atoms with E-state index in [1.165, 1.54) is 0 Å². The normalized spacial score (nSPS) is 11.7. The summed E-state index contributed by atoms with van der Waals surface area (Å²) in [5.74, 6) is 0. The van der Waals surface area contributed by atoms with Crippen LogP contribution in [0.3, 0.4) is 0 Å². The van der Waals surface area contributed by atoms with E-state index in [1.54, 1.807) is 25.4 Å². The molecule has 0 radical (unpaired) electrons. The highest BCUT2D eigenvalue weighted by Crippen LogP contribution is 2.21. The molecule has 0 atom stereocenters. The van der Waals surface area contributed by atoms with E-state index in [-0.39, 0.29) is 0 Å². The Morgan fingerprint density at radius 2 is 2.33 bits per heavy atom. The van der Waals surface area contributed by atoms with E-state index in [4.69, 9.17) is 9.78 Å². The summed E-state index contributed by atoms with van der Waals surface area (Å²) in [6.07, 6.45) is 1.64. The maximum Gasteiger partial charge on any atom is 0.168 e. The molecular weight excluding hydrogens is 190 g/mol. The molecule has 0 aliphatic heterocycles. The van der Waals surface area contributed by atoms with E-state index in [0.717, 1.165) is 16.7 Å². The molecule has 0 N–H and O–H groups in total. The topological polar surface area (TPSA) is 62.2 Å². The second kappa shape index (κ2) is 3.54. The van der Waals surface area contributed by atoms with Crippen molar-refractivity contribution in [3.63, 3.8) is 0 Å². The molecule has 15 heavy (non-hydrogen) atoms. The maximum atomic E-state index is 8.86. The SMILES string of the molecule is CN=C(C)c1cc(C#N)cc2oncc12. The molecule has 0 bridgehead atoms. The fourth-order valence-corrected chi connectivity index (χ4v) is 1.46. The van der Waals surface area contributed by atoms with Crippen LogP contribution in [0.15, 0.2) is 27.8 Å². The lowest BCUT2D eigenvalue weighted by Crippen LogP contribution is -1.95. The number of hydrogen-bond acceptors (Lipinski definition) is 4. The first kappa shape index (κ1) is 9.41. The molecule has 1 aromatic heterocycles. The lowest BCUT2D eigenvalue weighted by Gasteiger charge is -2.01. The summed E-state index contributed by atoms with van der Waals surface area (Å²) < 4.78 is 5.04. The molecule has 1 aromatic carbocycles. The van der Waals surface area contributed by atoms with Gasteiger partial charge in [0.2, 0.25) is 0 Å². The standard InChI is InChI=1S/C11H9N3O/c1-7(13-2)9-3-8(5-12)4-11-10(9)6-14-15-11/h3-4,6H,1-2H3. The summed E-state index contributed by atoms with van der Waals surface area (Å²) in [4.78, 5) is 4.10. The van der Waals surface area contributed by atoms with Crippen LogP contribution in [-0.4, -0.2) is 17.9 Å². The second-order valence-electron chi connectivity index (χ2n) is 3.18. The molecule has 0 saturated carbocycles. The van der Waals surface area contributed by atoms with Crippen LogP contribution in [0.4, 0.5) is 0 Å². The maximum absolute atomic E-state index is 8.86. The van der Waals surface area contributed by atoms with Gasteiger partial charge in [0.25, 0.3) is 0 Å². The Balaban J connectivity index is 2.81. The molecule has 0 aliphatic rings. The third-order valence-electron chi connectivity index (χ3n) is 2.33. The average Bonchev–Trinajstić information content (AvgIpc) is 2.74. The number of aromatic nitrogens is 1. The van der Waals surface area contributed by atoms with Gasteiger partial charge in [0.1, 0.15) is 0 Å². The van der Waals surface area contributed by atoms with E-state index < -0.39 is 0 Å². The number of rotatable bonds is 1. The monoisotopic (exact) mass is 199 g/mol. The van der Waals surface area contributed by atoms with Crippen LogP contribution in [-0.2, 0) is 0 Å². The summed E-state index contributed by atoms with van der Waals surface area (Å²) >= 11 is 0. The molecule has 0 unspecified atom stereocenters. The van der Waals surface area contributed by atoms with Crippen molar-refractivity contribution in [2.24, 2.45) is 4.99 Å². The average molecular weight is 199 g/mol. The van der Waals surface area contributed by atoms with E-state index in [1.807, 2.05) is 6.92 Å². The van der Waals surface area contributed by atoms with Gasteiger partial charge < -0.3 is 4.52 Å². The van der Waals surface area contributed by atoms with Crippen molar-refractivity contribution < 1.29 is 4.52 Å². The van der Waals surface area contributed by atoms with Crippen molar-refractivity contribution in [3.05, 3.63) is 29.5 Å². The van der Waals surface area contributed by atoms with Gasteiger partial charge in [-0.05, 0) is 13.0 Å². The summed E-state index contributed by atoms with van der Waals surface area (Å²) in [5, 5.41) is 13.5. The summed E-state index contributed by atoms with van der Waals surface area (Å²) in [5.41, 5.74) is 2.93. The first-order valence-corrected chi connectivity index (χ1v) is 4.48. The van der Waals surface area contributed by atoms with Crippen LogP contribution >= 0.6 is 0 Å². The Kier molecular flexibility index (Phi) is 2.22. The van der Waals surface area contributed by atoms with E-state index in [0.29, 0.717) is 11.1 Å². The Morgan fingerprint density at radius 3 is 3.00 bits per heavy atom. The second-order valence-corrected chi connectivity index (χ2v) is 3.18. The largest absolute Gasteiger partial charge is 0.356 e. The Hall–Kier alpha value is -2.15. The number of aliphatic imine (C=N–C) groups is 1. The lowest BCUT2D eigenvalue weighted by molar-refractivity contribution is 0.456. The first-order valence-electron chi connectivity index (χ1n) is 4.48. The zero-order valence-corrected chi connectivity index (χ0v) is 8.48. The minimum Gasteiger partial charge on any atom is -0.356 e. The van der Waals surface area contributed by atoms with Crippen molar-refractivity contribution in [1.29, 1.82) is 5.26 Å². The van der Waals surface area contributed by atoms with Crippen LogP contribution in [0.1, 0.15) is 18.1 Å². The Morgan fingerprint density at radius 1 is 1.53 bits per heavy atom. The van der Waals surface area contributed by atoms with Crippen LogP contribution in [0.25, 0.3) is 11.0 Å². The molecule has 0 aliphatic carbocycles. The summed E-state index contributed by atoms with van der Waals surface area (Å²) in [6, 6.07) is 5.55. The predicted molar refractivity (Wildman–Crippen MR) is 56.9 cm³/mol. The van der Waals surface area contributed by atoms with Crippen molar-refractivity contribution in [2.75, 3.05) is 7.05 Å². The minimum absolute atomic E-state index is 0.553. The number of nitriles is 1. The summed E-state index contributed by atoms with van der Waals surface area (Å²) in [7, 11) is 1.72. The molecule has 0 amide bonds. The zero-order chi connectivity index (χ0) is 10.8. The van der Waals surface area contributed by atoms with Gasteiger partial charge in [-0.1, -0.05) is 5.16 Å². The molecule has 4 heteroatoms. The van der Waals surface area contributed by atoms with Gasteiger partial charge in [-0.15, -0.1) is 0 Å². The van der Waals surface area contributed by atoms with E-state index in [2.05, 4.69) is 16.2 Å². The fraction of sp³-hybridized carbons (Fsp3) is 0.182. The fourth-order valence-electron chi connectivity index (χ4n) is 1.46. The van der Waals surface area contributed by atoms with Crippen molar-refractivity contribution >= 4 is 16.7 Å². The van der Waals surface area contributed by atoms with Gasteiger partial charge in [0.15, 0.2) is 5.58 Å². The third kappa shape index (κ3) is 1.48. The molecule has 74 valence electrons.